The second kappa shape index (κ2) is 6.55. The predicted molar refractivity (Wildman–Crippen MR) is 65.9 cm³/mol. The second-order valence-electron chi connectivity index (χ2n) is 4.30. The second-order valence-corrected chi connectivity index (χ2v) is 4.30. The molecule has 0 spiro atoms. The number of carbonyl (C=O) groups excluding carboxylic acids is 1. The van der Waals surface area contributed by atoms with Crippen molar-refractivity contribution in [3.05, 3.63) is 0 Å². The van der Waals surface area contributed by atoms with Crippen LogP contribution in [0, 0.1) is 12.3 Å². The molecule has 1 N–H and O–H groups in total. The third-order valence-electron chi connectivity index (χ3n) is 3.01. The average Bonchev–Trinajstić information content (AvgIpc) is 2.65. The topological polar surface area (TPSA) is 32.3 Å². The minimum Gasteiger partial charge on any atom is -0.327 e. The molecular formula is C13H22N2O. The van der Waals surface area contributed by atoms with Gasteiger partial charge in [0.15, 0.2) is 0 Å². The molecule has 16 heavy (non-hydrogen) atoms. The van der Waals surface area contributed by atoms with Crippen LogP contribution < -0.4 is 5.32 Å². The Hall–Kier alpha value is -1.01. The molecule has 0 aliphatic carbocycles. The summed E-state index contributed by atoms with van der Waals surface area (Å²) in [6, 6.07) is -0.0152. The van der Waals surface area contributed by atoms with Gasteiger partial charge in [-0.3, -0.25) is 4.79 Å². The van der Waals surface area contributed by atoms with E-state index in [2.05, 4.69) is 25.1 Å². The van der Waals surface area contributed by atoms with Gasteiger partial charge in [-0.25, -0.2) is 0 Å². The van der Waals surface area contributed by atoms with Gasteiger partial charge in [0, 0.05) is 6.54 Å². The van der Waals surface area contributed by atoms with Crippen LogP contribution in [-0.4, -0.2) is 36.0 Å². The maximum atomic E-state index is 12.1. The first kappa shape index (κ1) is 13.1. The summed E-state index contributed by atoms with van der Waals surface area (Å²) in [5.74, 6) is 2.91. The third kappa shape index (κ3) is 2.99. The lowest BCUT2D eigenvalue weighted by atomic mass is 10.1. The highest BCUT2D eigenvalue weighted by molar-refractivity contribution is 5.84. The molecule has 90 valence electrons. The molecule has 1 amide bonds. The summed E-state index contributed by atoms with van der Waals surface area (Å²) in [6.07, 6.45) is 9.35. The highest BCUT2D eigenvalue weighted by Gasteiger charge is 2.34. The number of terminal acetylenes is 1. The van der Waals surface area contributed by atoms with Crippen LogP contribution in [0.1, 0.15) is 39.5 Å². The van der Waals surface area contributed by atoms with Crippen LogP contribution in [0.2, 0.25) is 0 Å². The minimum absolute atomic E-state index is 0.00680. The lowest BCUT2D eigenvalue weighted by Crippen LogP contribution is -2.42. The van der Waals surface area contributed by atoms with Gasteiger partial charge in [0.2, 0.25) is 5.91 Å². The lowest BCUT2D eigenvalue weighted by molar-refractivity contribution is -0.130. The maximum absolute atomic E-state index is 12.1. The van der Waals surface area contributed by atoms with E-state index in [-0.39, 0.29) is 18.0 Å². The average molecular weight is 222 g/mol. The van der Waals surface area contributed by atoms with Gasteiger partial charge in [-0.1, -0.05) is 26.2 Å². The van der Waals surface area contributed by atoms with Gasteiger partial charge < -0.3 is 10.2 Å². The Morgan fingerprint density at radius 1 is 1.56 bits per heavy atom. The molecule has 3 heteroatoms. The molecule has 2 atom stereocenters. The molecule has 1 heterocycles. The smallest absolute Gasteiger partial charge is 0.240 e. The van der Waals surface area contributed by atoms with Crippen molar-refractivity contribution < 1.29 is 4.79 Å². The Bertz CT molecular complexity index is 270. The van der Waals surface area contributed by atoms with Gasteiger partial charge in [-0.2, -0.15) is 0 Å². The van der Waals surface area contributed by atoms with Crippen molar-refractivity contribution in [2.24, 2.45) is 0 Å². The fourth-order valence-corrected chi connectivity index (χ4v) is 2.12. The van der Waals surface area contributed by atoms with Gasteiger partial charge in [0.25, 0.3) is 0 Å². The van der Waals surface area contributed by atoms with Crippen molar-refractivity contribution in [1.29, 1.82) is 0 Å². The van der Waals surface area contributed by atoms with Gasteiger partial charge in [0.1, 0.15) is 0 Å². The summed E-state index contributed by atoms with van der Waals surface area (Å²) in [7, 11) is 0. The summed E-state index contributed by atoms with van der Waals surface area (Å²) < 4.78 is 0. The first-order valence-electron chi connectivity index (χ1n) is 6.24. The number of carbonyl (C=O) groups is 1. The number of nitrogens with one attached hydrogen (secondary N) is 1. The molecule has 1 fully saturated rings. The van der Waals surface area contributed by atoms with E-state index in [9.17, 15) is 4.79 Å². The highest BCUT2D eigenvalue weighted by atomic mass is 16.2. The highest BCUT2D eigenvalue weighted by Crippen LogP contribution is 2.17. The zero-order chi connectivity index (χ0) is 12.0. The van der Waals surface area contributed by atoms with Crippen LogP contribution in [0.3, 0.4) is 0 Å². The van der Waals surface area contributed by atoms with Crippen LogP contribution in [-0.2, 0) is 4.79 Å². The van der Waals surface area contributed by atoms with Crippen molar-refractivity contribution in [2.75, 3.05) is 13.1 Å². The van der Waals surface area contributed by atoms with Gasteiger partial charge in [0.05, 0.1) is 12.1 Å². The first-order valence-corrected chi connectivity index (χ1v) is 6.24. The zero-order valence-electron chi connectivity index (χ0n) is 10.3. The monoisotopic (exact) mass is 222 g/mol. The Morgan fingerprint density at radius 3 is 2.88 bits per heavy atom. The number of amides is 1. The molecule has 0 radical (unpaired) electrons. The fraction of sp³-hybridized carbons (Fsp3) is 0.769. The van der Waals surface area contributed by atoms with E-state index in [1.807, 2.05) is 4.90 Å². The summed E-state index contributed by atoms with van der Waals surface area (Å²) in [5.41, 5.74) is 0. The Balaban J connectivity index is 2.52. The van der Waals surface area contributed by atoms with Gasteiger partial charge >= 0.3 is 0 Å². The number of rotatable bonds is 6. The van der Waals surface area contributed by atoms with Crippen LogP contribution in [0.15, 0.2) is 0 Å². The summed E-state index contributed by atoms with van der Waals surface area (Å²) in [5, 5.41) is 3.27. The van der Waals surface area contributed by atoms with E-state index in [4.69, 9.17) is 6.42 Å². The van der Waals surface area contributed by atoms with E-state index in [0.29, 0.717) is 0 Å². The Labute approximate surface area is 98.6 Å². The molecule has 2 unspecified atom stereocenters. The molecule has 3 nitrogen and oxygen atoms in total. The van der Waals surface area contributed by atoms with Crippen LogP contribution in [0.25, 0.3) is 0 Å². The number of hydrogen-bond acceptors (Lipinski definition) is 2. The Kier molecular flexibility index (Phi) is 5.34. The Morgan fingerprint density at radius 2 is 2.31 bits per heavy atom. The van der Waals surface area contributed by atoms with Crippen molar-refractivity contribution in [3.63, 3.8) is 0 Å². The predicted octanol–water partition coefficient (Wildman–Crippen LogP) is 1.39. The van der Waals surface area contributed by atoms with Crippen molar-refractivity contribution >= 4 is 5.91 Å². The van der Waals surface area contributed by atoms with Crippen LogP contribution in [0.4, 0.5) is 0 Å². The molecular weight excluding hydrogens is 200 g/mol. The number of likely N-dealkylation sites (tertiary alicyclic amines) is 1. The van der Waals surface area contributed by atoms with E-state index in [1.165, 1.54) is 0 Å². The van der Waals surface area contributed by atoms with E-state index in [0.717, 1.165) is 38.8 Å². The lowest BCUT2D eigenvalue weighted by Gasteiger charge is -2.23. The summed E-state index contributed by atoms with van der Waals surface area (Å²) in [6.45, 7) is 5.90. The van der Waals surface area contributed by atoms with Crippen molar-refractivity contribution in [3.8, 4) is 12.3 Å². The molecule has 0 bridgehead atoms. The molecule has 0 saturated carbocycles. The van der Waals surface area contributed by atoms with Gasteiger partial charge in [-0.15, -0.1) is 6.42 Å². The molecule has 0 aromatic heterocycles. The first-order chi connectivity index (χ1) is 7.74. The summed E-state index contributed by atoms with van der Waals surface area (Å²) >= 11 is 0. The minimum atomic E-state index is -0.00840. The van der Waals surface area contributed by atoms with E-state index < -0.39 is 0 Å². The molecule has 0 aromatic rings. The molecule has 1 saturated heterocycles. The molecule has 1 aliphatic rings. The largest absolute Gasteiger partial charge is 0.327 e. The third-order valence-corrected chi connectivity index (χ3v) is 3.01. The van der Waals surface area contributed by atoms with Gasteiger partial charge in [-0.05, 0) is 25.8 Å². The van der Waals surface area contributed by atoms with Crippen molar-refractivity contribution in [2.45, 2.75) is 51.6 Å². The van der Waals surface area contributed by atoms with E-state index >= 15 is 0 Å². The van der Waals surface area contributed by atoms with Crippen LogP contribution >= 0.6 is 0 Å². The number of hydrogen-bond donors (Lipinski definition) is 1. The van der Waals surface area contributed by atoms with Crippen LogP contribution in [0.5, 0.6) is 0 Å². The molecule has 1 aliphatic heterocycles. The SMILES string of the molecule is C#CC(CCC)N1CCC(NCCC)C1=O. The number of nitrogens with zero attached hydrogens (tertiary/aromatic N) is 1. The normalized spacial score (nSPS) is 22.2. The van der Waals surface area contributed by atoms with E-state index in [1.54, 1.807) is 0 Å². The molecule has 0 aromatic carbocycles. The molecule has 1 rings (SSSR count). The summed E-state index contributed by atoms with van der Waals surface area (Å²) in [4.78, 5) is 13.9. The zero-order valence-corrected chi connectivity index (χ0v) is 10.3. The van der Waals surface area contributed by atoms with Crippen molar-refractivity contribution in [1.82, 2.24) is 10.2 Å². The quantitative estimate of drug-likeness (QED) is 0.689. The fourth-order valence-electron chi connectivity index (χ4n) is 2.12. The standard InChI is InChI=1S/C13H22N2O/c1-4-7-11(6-3)15-10-8-12(13(15)16)14-9-5-2/h3,11-12,14H,4-5,7-10H2,1-2H3. The maximum Gasteiger partial charge on any atom is 0.240 e.